The SMILES string of the molecule is C/C=C/CCNCc1ccccc1N1CCCC1. The van der Waals surface area contributed by atoms with Gasteiger partial charge in [-0.1, -0.05) is 30.4 Å². The summed E-state index contributed by atoms with van der Waals surface area (Å²) in [5.41, 5.74) is 2.86. The number of para-hydroxylation sites is 1. The third-order valence-electron chi connectivity index (χ3n) is 3.48. The molecule has 0 radical (unpaired) electrons. The Labute approximate surface area is 111 Å². The zero-order valence-electron chi connectivity index (χ0n) is 11.4. The van der Waals surface area contributed by atoms with Gasteiger partial charge in [-0.05, 0) is 44.4 Å². The first-order valence-electron chi connectivity index (χ1n) is 7.06. The van der Waals surface area contributed by atoms with Crippen LogP contribution in [0.1, 0.15) is 31.7 Å². The molecule has 0 unspecified atom stereocenters. The van der Waals surface area contributed by atoms with Crippen LogP contribution in [0.15, 0.2) is 36.4 Å². The summed E-state index contributed by atoms with van der Waals surface area (Å²) in [6.45, 7) is 6.54. The van der Waals surface area contributed by atoms with Crippen molar-refractivity contribution >= 4 is 5.69 Å². The molecule has 1 aromatic rings. The van der Waals surface area contributed by atoms with Gasteiger partial charge in [0.15, 0.2) is 0 Å². The van der Waals surface area contributed by atoms with Crippen molar-refractivity contribution in [3.63, 3.8) is 0 Å². The van der Waals surface area contributed by atoms with Crippen molar-refractivity contribution < 1.29 is 0 Å². The Morgan fingerprint density at radius 2 is 2.00 bits per heavy atom. The highest BCUT2D eigenvalue weighted by Crippen LogP contribution is 2.24. The van der Waals surface area contributed by atoms with Crippen LogP contribution in [0.5, 0.6) is 0 Å². The fraction of sp³-hybridized carbons (Fsp3) is 0.500. The van der Waals surface area contributed by atoms with E-state index in [-0.39, 0.29) is 0 Å². The predicted molar refractivity (Wildman–Crippen MR) is 79.0 cm³/mol. The lowest BCUT2D eigenvalue weighted by Crippen LogP contribution is -2.22. The summed E-state index contributed by atoms with van der Waals surface area (Å²) in [4.78, 5) is 2.52. The fourth-order valence-electron chi connectivity index (χ4n) is 2.50. The minimum atomic E-state index is 0.976. The lowest BCUT2D eigenvalue weighted by Gasteiger charge is -2.21. The van der Waals surface area contributed by atoms with Gasteiger partial charge >= 0.3 is 0 Å². The van der Waals surface area contributed by atoms with E-state index in [0.717, 1.165) is 19.5 Å². The molecule has 2 heteroatoms. The summed E-state index contributed by atoms with van der Waals surface area (Å²) in [6.07, 6.45) is 8.10. The van der Waals surface area contributed by atoms with E-state index in [4.69, 9.17) is 0 Å². The van der Waals surface area contributed by atoms with Crippen molar-refractivity contribution in [3.05, 3.63) is 42.0 Å². The number of anilines is 1. The minimum absolute atomic E-state index is 0.976. The van der Waals surface area contributed by atoms with Gasteiger partial charge in [0.25, 0.3) is 0 Å². The van der Waals surface area contributed by atoms with E-state index in [9.17, 15) is 0 Å². The van der Waals surface area contributed by atoms with Crippen molar-refractivity contribution in [1.82, 2.24) is 5.32 Å². The van der Waals surface area contributed by atoms with Crippen molar-refractivity contribution in [2.75, 3.05) is 24.5 Å². The molecule has 1 fully saturated rings. The van der Waals surface area contributed by atoms with E-state index in [1.165, 1.54) is 37.2 Å². The summed E-state index contributed by atoms with van der Waals surface area (Å²) < 4.78 is 0. The highest BCUT2D eigenvalue weighted by Gasteiger charge is 2.14. The molecule has 1 saturated heterocycles. The molecule has 0 aromatic heterocycles. The number of hydrogen-bond acceptors (Lipinski definition) is 2. The molecule has 0 saturated carbocycles. The van der Waals surface area contributed by atoms with E-state index in [2.05, 4.69) is 53.6 Å². The Bertz CT molecular complexity index is 378. The molecule has 0 bridgehead atoms. The Hall–Kier alpha value is -1.28. The molecule has 0 atom stereocenters. The molecule has 18 heavy (non-hydrogen) atoms. The average Bonchev–Trinajstić information content (AvgIpc) is 2.93. The minimum Gasteiger partial charge on any atom is -0.371 e. The molecular weight excluding hydrogens is 220 g/mol. The van der Waals surface area contributed by atoms with Crippen molar-refractivity contribution in [1.29, 1.82) is 0 Å². The molecule has 2 nitrogen and oxygen atoms in total. The summed E-state index contributed by atoms with van der Waals surface area (Å²) in [7, 11) is 0. The van der Waals surface area contributed by atoms with E-state index in [0.29, 0.717) is 0 Å². The van der Waals surface area contributed by atoms with Gasteiger partial charge in [0.1, 0.15) is 0 Å². The van der Waals surface area contributed by atoms with Crippen LogP contribution in [0.2, 0.25) is 0 Å². The second-order valence-corrected chi connectivity index (χ2v) is 4.86. The predicted octanol–water partition coefficient (Wildman–Crippen LogP) is 3.34. The van der Waals surface area contributed by atoms with Crippen molar-refractivity contribution in [2.24, 2.45) is 0 Å². The standard InChI is InChI=1S/C16H24N2/c1-2-3-6-11-17-14-15-9-4-5-10-16(15)18-12-7-8-13-18/h2-5,9-10,17H,6-8,11-14H2,1H3/b3-2+. The molecule has 1 heterocycles. The maximum atomic E-state index is 3.52. The Balaban J connectivity index is 1.90. The van der Waals surface area contributed by atoms with Crippen LogP contribution in [0.4, 0.5) is 5.69 Å². The van der Waals surface area contributed by atoms with Crippen LogP contribution in [-0.2, 0) is 6.54 Å². The molecule has 0 spiro atoms. The first kappa shape index (κ1) is 13.2. The zero-order chi connectivity index (χ0) is 12.6. The summed E-state index contributed by atoms with van der Waals surface area (Å²) in [5, 5.41) is 3.52. The molecule has 0 amide bonds. The largest absolute Gasteiger partial charge is 0.371 e. The molecule has 1 aliphatic rings. The maximum Gasteiger partial charge on any atom is 0.0411 e. The van der Waals surface area contributed by atoms with Crippen LogP contribution in [-0.4, -0.2) is 19.6 Å². The monoisotopic (exact) mass is 244 g/mol. The van der Waals surface area contributed by atoms with Crippen LogP contribution in [0.3, 0.4) is 0 Å². The lowest BCUT2D eigenvalue weighted by atomic mass is 10.1. The Morgan fingerprint density at radius 3 is 2.78 bits per heavy atom. The number of benzene rings is 1. The third-order valence-corrected chi connectivity index (χ3v) is 3.48. The zero-order valence-corrected chi connectivity index (χ0v) is 11.4. The Kier molecular flexibility index (Phi) is 5.28. The van der Waals surface area contributed by atoms with E-state index >= 15 is 0 Å². The molecule has 98 valence electrons. The maximum absolute atomic E-state index is 3.52. The Morgan fingerprint density at radius 1 is 1.22 bits per heavy atom. The van der Waals surface area contributed by atoms with Gasteiger partial charge in [0.05, 0.1) is 0 Å². The normalized spacial score (nSPS) is 15.7. The molecular formula is C16H24N2. The molecule has 2 rings (SSSR count). The van der Waals surface area contributed by atoms with Crippen LogP contribution >= 0.6 is 0 Å². The first-order valence-corrected chi connectivity index (χ1v) is 7.06. The van der Waals surface area contributed by atoms with Gasteiger partial charge in [-0.15, -0.1) is 0 Å². The van der Waals surface area contributed by atoms with Gasteiger partial charge in [0, 0.05) is 25.3 Å². The number of allylic oxidation sites excluding steroid dienone is 1. The summed E-state index contributed by atoms with van der Waals surface area (Å²) in [6, 6.07) is 8.80. The number of nitrogens with zero attached hydrogens (tertiary/aromatic N) is 1. The van der Waals surface area contributed by atoms with Gasteiger partial charge in [-0.2, -0.15) is 0 Å². The van der Waals surface area contributed by atoms with Crippen LogP contribution in [0.25, 0.3) is 0 Å². The molecule has 0 aliphatic carbocycles. The van der Waals surface area contributed by atoms with Gasteiger partial charge < -0.3 is 10.2 Å². The topological polar surface area (TPSA) is 15.3 Å². The fourth-order valence-corrected chi connectivity index (χ4v) is 2.50. The van der Waals surface area contributed by atoms with E-state index in [1.807, 2.05) is 0 Å². The summed E-state index contributed by atoms with van der Waals surface area (Å²) in [5.74, 6) is 0. The van der Waals surface area contributed by atoms with Crippen molar-refractivity contribution in [2.45, 2.75) is 32.7 Å². The van der Waals surface area contributed by atoms with E-state index in [1.54, 1.807) is 0 Å². The van der Waals surface area contributed by atoms with Crippen LogP contribution in [0, 0.1) is 0 Å². The number of rotatable bonds is 6. The van der Waals surface area contributed by atoms with Crippen LogP contribution < -0.4 is 10.2 Å². The van der Waals surface area contributed by atoms with Gasteiger partial charge in [0.2, 0.25) is 0 Å². The summed E-state index contributed by atoms with van der Waals surface area (Å²) >= 11 is 0. The second-order valence-electron chi connectivity index (χ2n) is 4.86. The number of hydrogen-bond donors (Lipinski definition) is 1. The van der Waals surface area contributed by atoms with Gasteiger partial charge in [-0.3, -0.25) is 0 Å². The lowest BCUT2D eigenvalue weighted by molar-refractivity contribution is 0.693. The third kappa shape index (κ3) is 3.61. The molecule has 1 aromatic carbocycles. The molecule has 1 aliphatic heterocycles. The molecule has 1 N–H and O–H groups in total. The highest BCUT2D eigenvalue weighted by molar-refractivity contribution is 5.54. The van der Waals surface area contributed by atoms with Crippen molar-refractivity contribution in [3.8, 4) is 0 Å². The quantitative estimate of drug-likeness (QED) is 0.610. The average molecular weight is 244 g/mol. The van der Waals surface area contributed by atoms with Gasteiger partial charge in [-0.25, -0.2) is 0 Å². The first-order chi connectivity index (χ1) is 8.92. The highest BCUT2D eigenvalue weighted by atomic mass is 15.1. The smallest absolute Gasteiger partial charge is 0.0411 e. The second kappa shape index (κ2) is 7.22. The van der Waals surface area contributed by atoms with E-state index < -0.39 is 0 Å². The number of nitrogens with one attached hydrogen (secondary N) is 1.